The van der Waals surface area contributed by atoms with Crippen molar-refractivity contribution in [2.24, 2.45) is 0 Å². The van der Waals surface area contributed by atoms with E-state index in [9.17, 15) is 4.79 Å². The lowest BCUT2D eigenvalue weighted by molar-refractivity contribution is -0.118. The lowest BCUT2D eigenvalue weighted by atomic mass is 10.0. The van der Waals surface area contributed by atoms with Crippen LogP contribution in [0, 0.1) is 13.8 Å². The topological polar surface area (TPSA) is 32.3 Å². The molecule has 1 aromatic rings. The van der Waals surface area contributed by atoms with Crippen molar-refractivity contribution in [2.75, 3.05) is 18.4 Å². The molecule has 0 saturated carbocycles. The molecule has 2 rings (SSSR count). The fourth-order valence-corrected chi connectivity index (χ4v) is 2.64. The van der Waals surface area contributed by atoms with Gasteiger partial charge in [-0.2, -0.15) is 0 Å². The Morgan fingerprint density at radius 1 is 1.37 bits per heavy atom. The van der Waals surface area contributed by atoms with E-state index in [1.54, 1.807) is 0 Å². The van der Waals surface area contributed by atoms with Crippen LogP contribution in [0.5, 0.6) is 0 Å². The maximum atomic E-state index is 12.1. The molecule has 1 aromatic carbocycles. The number of rotatable bonds is 3. The molecule has 1 saturated heterocycles. The third kappa shape index (κ3) is 3.80. The van der Waals surface area contributed by atoms with Crippen molar-refractivity contribution in [2.45, 2.75) is 46.1 Å². The molecule has 1 N–H and O–H groups in total. The Labute approximate surface area is 116 Å². The third-order valence-corrected chi connectivity index (χ3v) is 3.95. The van der Waals surface area contributed by atoms with Gasteiger partial charge in [-0.05, 0) is 57.4 Å². The van der Waals surface area contributed by atoms with Gasteiger partial charge in [0.2, 0.25) is 5.91 Å². The van der Waals surface area contributed by atoms with Crippen LogP contribution in [0.15, 0.2) is 18.2 Å². The number of amides is 1. The molecule has 0 aliphatic carbocycles. The van der Waals surface area contributed by atoms with Gasteiger partial charge < -0.3 is 5.32 Å². The second kappa shape index (κ2) is 6.20. The highest BCUT2D eigenvalue weighted by atomic mass is 16.2. The Hall–Kier alpha value is -1.35. The smallest absolute Gasteiger partial charge is 0.238 e. The summed E-state index contributed by atoms with van der Waals surface area (Å²) in [4.78, 5) is 14.4. The summed E-state index contributed by atoms with van der Waals surface area (Å²) in [6, 6.07) is 6.68. The molecule has 3 nitrogen and oxygen atoms in total. The van der Waals surface area contributed by atoms with Gasteiger partial charge in [-0.3, -0.25) is 9.69 Å². The maximum Gasteiger partial charge on any atom is 0.238 e. The Morgan fingerprint density at radius 2 is 2.16 bits per heavy atom. The molecule has 0 spiro atoms. The highest BCUT2D eigenvalue weighted by Crippen LogP contribution is 2.18. The van der Waals surface area contributed by atoms with Crippen LogP contribution in [0.3, 0.4) is 0 Å². The van der Waals surface area contributed by atoms with Crippen LogP contribution in [-0.2, 0) is 4.79 Å². The predicted molar refractivity (Wildman–Crippen MR) is 79.4 cm³/mol. The molecule has 0 aromatic heterocycles. The summed E-state index contributed by atoms with van der Waals surface area (Å²) < 4.78 is 0. The minimum atomic E-state index is 0.0995. The zero-order valence-corrected chi connectivity index (χ0v) is 12.2. The quantitative estimate of drug-likeness (QED) is 0.905. The maximum absolute atomic E-state index is 12.1. The molecule has 1 atom stereocenters. The number of aryl methyl sites for hydroxylation is 2. The summed E-state index contributed by atoms with van der Waals surface area (Å²) in [5.41, 5.74) is 3.23. The van der Waals surface area contributed by atoms with E-state index in [0.29, 0.717) is 12.6 Å². The van der Waals surface area contributed by atoms with Crippen molar-refractivity contribution in [1.82, 2.24) is 4.90 Å². The summed E-state index contributed by atoms with van der Waals surface area (Å²) in [7, 11) is 0. The number of likely N-dealkylation sites (tertiary alicyclic amines) is 1. The van der Waals surface area contributed by atoms with Gasteiger partial charge in [0.15, 0.2) is 0 Å². The fraction of sp³-hybridized carbons (Fsp3) is 0.562. The Bertz CT molecular complexity index is 456. The number of piperidine rings is 1. The number of nitrogens with zero attached hydrogens (tertiary/aromatic N) is 1. The van der Waals surface area contributed by atoms with Gasteiger partial charge in [-0.25, -0.2) is 0 Å². The normalized spacial score (nSPS) is 20.3. The van der Waals surface area contributed by atoms with Crippen molar-refractivity contribution in [3.05, 3.63) is 29.3 Å². The van der Waals surface area contributed by atoms with Crippen LogP contribution in [0.4, 0.5) is 5.69 Å². The molecule has 104 valence electrons. The van der Waals surface area contributed by atoms with E-state index in [0.717, 1.165) is 17.8 Å². The summed E-state index contributed by atoms with van der Waals surface area (Å²) in [5, 5.41) is 3.04. The molecule has 3 heteroatoms. The van der Waals surface area contributed by atoms with Gasteiger partial charge in [0.05, 0.1) is 6.54 Å². The number of hydrogen-bond acceptors (Lipinski definition) is 2. The van der Waals surface area contributed by atoms with Gasteiger partial charge >= 0.3 is 0 Å². The monoisotopic (exact) mass is 260 g/mol. The number of benzene rings is 1. The molecule has 1 aliphatic heterocycles. The molecule has 0 unspecified atom stereocenters. The fourth-order valence-electron chi connectivity index (χ4n) is 2.64. The summed E-state index contributed by atoms with van der Waals surface area (Å²) >= 11 is 0. The molecular weight excluding hydrogens is 236 g/mol. The Morgan fingerprint density at radius 3 is 2.89 bits per heavy atom. The third-order valence-electron chi connectivity index (χ3n) is 3.95. The highest BCUT2D eigenvalue weighted by molar-refractivity contribution is 5.93. The average molecular weight is 260 g/mol. The highest BCUT2D eigenvalue weighted by Gasteiger charge is 2.20. The minimum absolute atomic E-state index is 0.0995. The number of carbonyl (C=O) groups excluding carboxylic acids is 1. The van der Waals surface area contributed by atoms with Gasteiger partial charge in [0, 0.05) is 11.7 Å². The molecule has 19 heavy (non-hydrogen) atoms. The van der Waals surface area contributed by atoms with E-state index < -0.39 is 0 Å². The zero-order valence-electron chi connectivity index (χ0n) is 12.2. The SMILES string of the molecule is Cc1ccc(C)c(NC(=O)CN2CCCC[C@@H]2C)c1. The first-order valence-corrected chi connectivity index (χ1v) is 7.17. The van der Waals surface area contributed by atoms with Crippen LogP contribution in [-0.4, -0.2) is 29.9 Å². The molecule has 1 amide bonds. The molecule has 1 aliphatic rings. The van der Waals surface area contributed by atoms with Crippen LogP contribution in [0.2, 0.25) is 0 Å². The summed E-state index contributed by atoms with van der Waals surface area (Å²) in [5.74, 6) is 0.0995. The number of anilines is 1. The molecule has 0 radical (unpaired) electrons. The van der Waals surface area contributed by atoms with E-state index in [1.165, 1.54) is 24.8 Å². The molecule has 1 fully saturated rings. The van der Waals surface area contributed by atoms with Gasteiger partial charge in [-0.1, -0.05) is 18.6 Å². The molecule has 0 bridgehead atoms. The van der Waals surface area contributed by atoms with E-state index in [2.05, 4.69) is 29.3 Å². The first-order chi connectivity index (χ1) is 9.06. The van der Waals surface area contributed by atoms with E-state index >= 15 is 0 Å². The van der Waals surface area contributed by atoms with Crippen molar-refractivity contribution < 1.29 is 4.79 Å². The van der Waals surface area contributed by atoms with Gasteiger partial charge in [0.25, 0.3) is 0 Å². The minimum Gasteiger partial charge on any atom is -0.325 e. The number of hydrogen-bond donors (Lipinski definition) is 1. The zero-order chi connectivity index (χ0) is 13.8. The van der Waals surface area contributed by atoms with Crippen LogP contribution < -0.4 is 5.32 Å². The van der Waals surface area contributed by atoms with Crippen LogP contribution in [0.25, 0.3) is 0 Å². The standard InChI is InChI=1S/C16H24N2O/c1-12-7-8-13(2)15(10-12)17-16(19)11-18-9-5-4-6-14(18)3/h7-8,10,14H,4-6,9,11H2,1-3H3,(H,17,19)/t14-/m0/s1. The van der Waals surface area contributed by atoms with Crippen molar-refractivity contribution >= 4 is 11.6 Å². The Kier molecular flexibility index (Phi) is 4.59. The largest absolute Gasteiger partial charge is 0.325 e. The lowest BCUT2D eigenvalue weighted by Crippen LogP contribution is -2.42. The summed E-state index contributed by atoms with van der Waals surface area (Å²) in [6.45, 7) is 7.83. The van der Waals surface area contributed by atoms with Gasteiger partial charge in [-0.15, -0.1) is 0 Å². The Balaban J connectivity index is 1.95. The molecule has 1 heterocycles. The number of carbonyl (C=O) groups is 1. The van der Waals surface area contributed by atoms with Crippen LogP contribution >= 0.6 is 0 Å². The first kappa shape index (κ1) is 14.1. The van der Waals surface area contributed by atoms with Crippen molar-refractivity contribution in [1.29, 1.82) is 0 Å². The second-order valence-corrected chi connectivity index (χ2v) is 5.68. The first-order valence-electron chi connectivity index (χ1n) is 7.17. The number of nitrogens with one attached hydrogen (secondary N) is 1. The second-order valence-electron chi connectivity index (χ2n) is 5.68. The van der Waals surface area contributed by atoms with E-state index in [1.807, 2.05) is 19.9 Å². The average Bonchev–Trinajstić information content (AvgIpc) is 2.37. The lowest BCUT2D eigenvalue weighted by Gasteiger charge is -2.32. The molecular formula is C16H24N2O. The summed E-state index contributed by atoms with van der Waals surface area (Å²) in [6.07, 6.45) is 3.70. The van der Waals surface area contributed by atoms with Crippen molar-refractivity contribution in [3.8, 4) is 0 Å². The van der Waals surface area contributed by atoms with E-state index in [-0.39, 0.29) is 5.91 Å². The predicted octanol–water partition coefficient (Wildman–Crippen LogP) is 3.12. The van der Waals surface area contributed by atoms with Crippen LogP contribution in [0.1, 0.15) is 37.3 Å². The van der Waals surface area contributed by atoms with Gasteiger partial charge in [0.1, 0.15) is 0 Å². The van der Waals surface area contributed by atoms with Crippen molar-refractivity contribution in [3.63, 3.8) is 0 Å². The van der Waals surface area contributed by atoms with E-state index in [4.69, 9.17) is 0 Å².